The molecule has 0 aliphatic carbocycles. The molecule has 6 nitrogen and oxygen atoms in total. The molecule has 4 aromatic heterocycles. The van der Waals surface area contributed by atoms with E-state index in [9.17, 15) is 0 Å². The highest BCUT2D eigenvalue weighted by Gasteiger charge is 2.19. The number of hydrogen-bond acceptors (Lipinski definition) is 5. The highest BCUT2D eigenvalue weighted by molar-refractivity contribution is 14.1. The van der Waals surface area contributed by atoms with Crippen molar-refractivity contribution in [2.45, 2.75) is 20.0 Å². The normalized spacial score (nSPS) is 11.3. The van der Waals surface area contributed by atoms with E-state index in [0.717, 1.165) is 51.9 Å². The smallest absolute Gasteiger partial charge is 0.122 e. The molecule has 7 heteroatoms. The average molecular weight is 608 g/mol. The van der Waals surface area contributed by atoms with E-state index < -0.39 is 0 Å². The number of imidazole rings is 1. The van der Waals surface area contributed by atoms with Crippen molar-refractivity contribution in [2.24, 2.45) is 0 Å². The van der Waals surface area contributed by atoms with Crippen LogP contribution in [0.4, 0.5) is 0 Å². The topological polar surface area (TPSA) is 70.6 Å². The first-order valence-corrected chi connectivity index (χ1v) is 13.4. The molecule has 0 amide bonds. The Morgan fingerprint density at radius 3 is 2.42 bits per heavy atom. The first-order chi connectivity index (χ1) is 18.6. The molecule has 38 heavy (non-hydrogen) atoms. The van der Waals surface area contributed by atoms with Crippen LogP contribution in [0, 0.1) is 6.92 Å². The van der Waals surface area contributed by atoms with Gasteiger partial charge in [-0.05, 0) is 60.0 Å². The van der Waals surface area contributed by atoms with E-state index in [1.807, 2.05) is 55.5 Å². The van der Waals surface area contributed by atoms with Gasteiger partial charge >= 0.3 is 0 Å². The molecule has 4 heterocycles. The fourth-order valence-corrected chi connectivity index (χ4v) is 5.29. The summed E-state index contributed by atoms with van der Waals surface area (Å²) in [5, 5.41) is 0. The molecular weight excluding hydrogens is 583 g/mol. The molecule has 0 radical (unpaired) electrons. The largest absolute Gasteiger partial charge is 0.339 e. The van der Waals surface area contributed by atoms with Gasteiger partial charge in [0.05, 0.1) is 34.7 Å². The molecule has 0 atom stereocenters. The lowest BCUT2D eigenvalue weighted by atomic mass is 10.00. The van der Waals surface area contributed by atoms with Crippen LogP contribution in [-0.4, -0.2) is 28.0 Å². The molecule has 186 valence electrons. The number of nitrogens with zero attached hydrogens (tertiary/aromatic N) is 5. The minimum Gasteiger partial charge on any atom is -0.339 e. The Morgan fingerprint density at radius 1 is 0.711 bits per heavy atom. The van der Waals surface area contributed by atoms with Gasteiger partial charge in [-0.3, -0.25) is 9.97 Å². The van der Waals surface area contributed by atoms with Gasteiger partial charge in [0.15, 0.2) is 0 Å². The Morgan fingerprint density at radius 2 is 1.55 bits per heavy atom. The van der Waals surface area contributed by atoms with E-state index in [4.69, 9.17) is 15.0 Å². The maximum Gasteiger partial charge on any atom is 0.122 e. The Kier molecular flexibility index (Phi) is 6.94. The number of pyridine rings is 3. The van der Waals surface area contributed by atoms with Gasteiger partial charge in [0.25, 0.3) is 0 Å². The number of H-pyrrole nitrogens is 1. The van der Waals surface area contributed by atoms with Crippen LogP contribution >= 0.6 is 22.9 Å². The second kappa shape index (κ2) is 10.8. The van der Waals surface area contributed by atoms with Crippen LogP contribution < -0.4 is 0 Å². The predicted molar refractivity (Wildman–Crippen MR) is 160 cm³/mol. The van der Waals surface area contributed by atoms with E-state index in [-0.39, 0.29) is 0 Å². The summed E-state index contributed by atoms with van der Waals surface area (Å²) >= 11 is 2.39. The fourth-order valence-electron chi connectivity index (χ4n) is 4.60. The van der Waals surface area contributed by atoms with E-state index in [1.54, 1.807) is 6.20 Å². The molecule has 0 saturated heterocycles. The number of halogens is 1. The number of benzene rings is 2. The highest BCUT2D eigenvalue weighted by Crippen LogP contribution is 2.31. The Bertz CT molecular complexity index is 1710. The van der Waals surface area contributed by atoms with Crippen LogP contribution in [0.1, 0.15) is 17.1 Å². The lowest BCUT2D eigenvalue weighted by Gasteiger charge is -2.16. The number of fused-ring (bicyclic) bond motifs is 1. The molecular formula is C31H25IN6. The van der Waals surface area contributed by atoms with Crippen molar-refractivity contribution in [3.8, 4) is 33.9 Å². The van der Waals surface area contributed by atoms with Crippen molar-refractivity contribution < 1.29 is 0 Å². The summed E-state index contributed by atoms with van der Waals surface area (Å²) in [7, 11) is 0. The number of aromatic amines is 1. The first kappa shape index (κ1) is 24.4. The molecule has 2 aromatic carbocycles. The Hall–Kier alpha value is -3.95. The maximum atomic E-state index is 5.02. The summed E-state index contributed by atoms with van der Waals surface area (Å²) in [6.07, 6.45) is 1.78. The Balaban J connectivity index is 1.33. The summed E-state index contributed by atoms with van der Waals surface area (Å²) in [4.78, 5) is 22.6. The second-order valence-corrected chi connectivity index (χ2v) is 10.5. The molecule has 0 bridgehead atoms. The zero-order chi connectivity index (χ0) is 25.9. The fraction of sp³-hybridized carbons (Fsp3) is 0.0968. The van der Waals surface area contributed by atoms with Crippen LogP contribution in [0.2, 0.25) is 0 Å². The maximum absolute atomic E-state index is 5.02. The summed E-state index contributed by atoms with van der Waals surface area (Å²) in [6.45, 7) is 3.41. The number of nitrogens with one attached hydrogen (secondary N) is 1. The molecule has 0 fully saturated rings. The van der Waals surface area contributed by atoms with E-state index in [2.05, 4.69) is 84.5 Å². The van der Waals surface area contributed by atoms with Crippen molar-refractivity contribution >= 4 is 33.9 Å². The van der Waals surface area contributed by atoms with Crippen LogP contribution in [0.25, 0.3) is 44.9 Å². The molecule has 0 spiro atoms. The monoisotopic (exact) mass is 608 g/mol. The van der Waals surface area contributed by atoms with Gasteiger partial charge in [0, 0.05) is 41.3 Å². The van der Waals surface area contributed by atoms with Gasteiger partial charge in [-0.25, -0.2) is 13.1 Å². The third kappa shape index (κ3) is 5.20. The number of hydrogen-bond donors (Lipinski definition) is 1. The van der Waals surface area contributed by atoms with Gasteiger partial charge in [-0.15, -0.1) is 0 Å². The molecule has 0 aliphatic rings. The minimum atomic E-state index is 0.637. The van der Waals surface area contributed by atoms with Crippen molar-refractivity contribution in [1.82, 2.24) is 28.0 Å². The lowest BCUT2D eigenvalue weighted by molar-refractivity contribution is 0.490. The van der Waals surface area contributed by atoms with Gasteiger partial charge in [-0.2, -0.15) is 0 Å². The van der Waals surface area contributed by atoms with Crippen molar-refractivity contribution in [1.29, 1.82) is 0 Å². The quantitative estimate of drug-likeness (QED) is 0.151. The van der Waals surface area contributed by atoms with Crippen LogP contribution in [0.5, 0.6) is 0 Å². The van der Waals surface area contributed by atoms with Crippen molar-refractivity contribution in [2.75, 3.05) is 0 Å². The van der Waals surface area contributed by atoms with Crippen LogP contribution in [0.15, 0.2) is 103 Å². The SMILES string of the molecule is Cc1cccc(-c2nc(CN(I)Cc3ccccc3-c3ccccc3)[nH]c2-c2ccc3ncccc3n2)n1. The molecule has 6 rings (SSSR count). The number of rotatable bonds is 7. The third-order valence-electron chi connectivity index (χ3n) is 6.36. The minimum absolute atomic E-state index is 0.637. The first-order valence-electron chi connectivity index (χ1n) is 12.4. The zero-order valence-corrected chi connectivity index (χ0v) is 23.0. The third-order valence-corrected chi connectivity index (χ3v) is 7.04. The van der Waals surface area contributed by atoms with Crippen LogP contribution in [-0.2, 0) is 13.1 Å². The van der Waals surface area contributed by atoms with Gasteiger partial charge < -0.3 is 4.98 Å². The zero-order valence-electron chi connectivity index (χ0n) is 20.8. The summed E-state index contributed by atoms with van der Waals surface area (Å²) < 4.78 is 2.24. The Labute approximate surface area is 235 Å². The van der Waals surface area contributed by atoms with Crippen molar-refractivity contribution in [3.05, 3.63) is 120 Å². The molecule has 6 aromatic rings. The number of aromatic nitrogens is 5. The van der Waals surface area contributed by atoms with Gasteiger partial charge in [-0.1, -0.05) is 60.7 Å². The number of aryl methyl sites for hydroxylation is 1. The second-order valence-electron chi connectivity index (χ2n) is 9.11. The standard InChI is InChI=1S/C31H25IN6/c1-21-9-7-14-27(34-21)30-31(28-17-16-25-26(35-28)15-8-18-33-25)37-29(36-30)20-38(32)19-23-12-5-6-13-24(23)22-10-3-2-4-11-22/h2-18H,19-20H2,1H3,(H,36,37). The lowest BCUT2D eigenvalue weighted by Crippen LogP contribution is -2.12. The van der Waals surface area contributed by atoms with Crippen molar-refractivity contribution in [3.63, 3.8) is 0 Å². The molecule has 1 N–H and O–H groups in total. The predicted octanol–water partition coefficient (Wildman–Crippen LogP) is 7.41. The highest BCUT2D eigenvalue weighted by atomic mass is 127. The molecule has 0 aliphatic heterocycles. The summed E-state index contributed by atoms with van der Waals surface area (Å²) in [6, 6.07) is 33.0. The van der Waals surface area contributed by atoms with Gasteiger partial charge in [0.1, 0.15) is 11.5 Å². The average Bonchev–Trinajstić information content (AvgIpc) is 3.37. The van der Waals surface area contributed by atoms with E-state index >= 15 is 0 Å². The summed E-state index contributed by atoms with van der Waals surface area (Å²) in [5.74, 6) is 0.859. The molecule has 0 unspecified atom stereocenters. The van der Waals surface area contributed by atoms with E-state index in [0.29, 0.717) is 6.54 Å². The summed E-state index contributed by atoms with van der Waals surface area (Å²) in [5.41, 5.74) is 9.69. The van der Waals surface area contributed by atoms with E-state index in [1.165, 1.54) is 16.7 Å². The van der Waals surface area contributed by atoms with Gasteiger partial charge in [0.2, 0.25) is 0 Å². The van der Waals surface area contributed by atoms with Crippen LogP contribution in [0.3, 0.4) is 0 Å². The molecule has 0 saturated carbocycles.